The maximum Gasteiger partial charge on any atom is 0.280 e. The molecular formula is C32H27F3N8O2. The summed E-state index contributed by atoms with van der Waals surface area (Å²) < 4.78 is 55.0. The van der Waals surface area contributed by atoms with Gasteiger partial charge in [0.2, 0.25) is 0 Å². The molecule has 228 valence electrons. The summed E-state index contributed by atoms with van der Waals surface area (Å²) in [5.74, 6) is 1.07. The Morgan fingerprint density at radius 3 is 2.24 bits per heavy atom. The van der Waals surface area contributed by atoms with Crippen molar-refractivity contribution in [2.24, 2.45) is 14.1 Å². The number of benzene rings is 2. The number of aryl methyl sites for hydroxylation is 3. The van der Waals surface area contributed by atoms with Crippen molar-refractivity contribution in [3.05, 3.63) is 106 Å². The van der Waals surface area contributed by atoms with E-state index in [1.807, 2.05) is 14.0 Å². The molecule has 0 N–H and O–H groups in total. The lowest BCUT2D eigenvalue weighted by atomic mass is 9.86. The van der Waals surface area contributed by atoms with Crippen LogP contribution in [0.5, 0.6) is 0 Å². The fourth-order valence-electron chi connectivity index (χ4n) is 6.56. The van der Waals surface area contributed by atoms with Crippen molar-refractivity contribution in [1.29, 1.82) is 0 Å². The number of halogens is 3. The van der Waals surface area contributed by atoms with Gasteiger partial charge in [-0.05, 0) is 72.7 Å². The molecule has 2 fully saturated rings. The van der Waals surface area contributed by atoms with E-state index in [1.54, 1.807) is 29.1 Å². The molecular weight excluding hydrogens is 585 g/mol. The van der Waals surface area contributed by atoms with E-state index in [0.717, 1.165) is 39.8 Å². The van der Waals surface area contributed by atoms with Crippen LogP contribution in [0, 0.1) is 12.7 Å². The Morgan fingerprint density at radius 2 is 1.58 bits per heavy atom. The first-order valence-corrected chi connectivity index (χ1v) is 14.6. The Balaban J connectivity index is 1.11. The third kappa shape index (κ3) is 4.31. The van der Waals surface area contributed by atoms with Gasteiger partial charge < -0.3 is 9.05 Å². The summed E-state index contributed by atoms with van der Waals surface area (Å²) in [5, 5.41) is 17.1. The monoisotopic (exact) mass is 612 g/mol. The summed E-state index contributed by atoms with van der Waals surface area (Å²) in [7, 11) is 3.27. The van der Waals surface area contributed by atoms with Crippen LogP contribution in [-0.4, -0.2) is 39.8 Å². The fraction of sp³-hybridized carbons (Fsp3) is 0.312. The van der Waals surface area contributed by atoms with Crippen LogP contribution in [0.4, 0.5) is 13.2 Å². The molecule has 2 aliphatic carbocycles. The molecule has 2 aromatic carbocycles. The largest absolute Gasteiger partial charge is 0.332 e. The van der Waals surface area contributed by atoms with Crippen molar-refractivity contribution in [1.82, 2.24) is 39.8 Å². The van der Waals surface area contributed by atoms with Crippen LogP contribution in [0.25, 0.3) is 23.2 Å². The van der Waals surface area contributed by atoms with Crippen molar-refractivity contribution in [3.63, 3.8) is 0 Å². The molecule has 45 heavy (non-hydrogen) atoms. The average molecular weight is 613 g/mol. The Labute approximate surface area is 254 Å². The predicted molar refractivity (Wildman–Crippen MR) is 154 cm³/mol. The molecule has 2 saturated carbocycles. The zero-order chi connectivity index (χ0) is 31.1. The van der Waals surface area contributed by atoms with Gasteiger partial charge in [0.15, 0.2) is 23.0 Å². The van der Waals surface area contributed by atoms with E-state index in [0.29, 0.717) is 29.7 Å². The third-order valence-electron chi connectivity index (χ3n) is 9.23. The molecule has 0 bridgehead atoms. The number of rotatable bonds is 8. The van der Waals surface area contributed by atoms with E-state index in [4.69, 9.17) is 14.0 Å². The Kier molecular flexibility index (Phi) is 5.93. The number of hydrogen-bond acceptors (Lipinski definition) is 8. The Morgan fingerprint density at radius 1 is 0.867 bits per heavy atom. The number of hydrogen-bond donors (Lipinski definition) is 0. The molecule has 0 spiro atoms. The van der Waals surface area contributed by atoms with Crippen molar-refractivity contribution in [2.75, 3.05) is 0 Å². The van der Waals surface area contributed by atoms with E-state index < -0.39 is 17.3 Å². The minimum atomic E-state index is -2.66. The second-order valence-corrected chi connectivity index (χ2v) is 12.0. The lowest BCUT2D eigenvalue weighted by Gasteiger charge is -2.18. The number of alkyl halides is 2. The molecule has 4 aromatic heterocycles. The molecule has 10 nitrogen and oxygen atoms in total. The standard InChI is InChI=1S/C32H27F3N8O2/c1-17-4-9-20(33)14-21(17)32(30-37-27(44-41-30)23-10-13-42(2)38-23)16-22(32)18-5-7-19(8-6-18)31(11-12-31)29-36-28(45-40-29)24-15-25(26(34)35)43(3)39-24/h4-10,13-15,22,26H,11-12,16H2,1-3H3. The van der Waals surface area contributed by atoms with E-state index in [2.05, 4.69) is 49.8 Å². The second-order valence-electron chi connectivity index (χ2n) is 12.0. The predicted octanol–water partition coefficient (Wildman–Crippen LogP) is 6.19. The summed E-state index contributed by atoms with van der Waals surface area (Å²) in [6.45, 7) is 1.96. The third-order valence-corrected chi connectivity index (χ3v) is 9.23. The zero-order valence-corrected chi connectivity index (χ0v) is 24.6. The van der Waals surface area contributed by atoms with Crippen LogP contribution in [0.2, 0.25) is 0 Å². The molecule has 2 atom stereocenters. The van der Waals surface area contributed by atoms with Gasteiger partial charge in [0.05, 0.1) is 10.8 Å². The lowest BCUT2D eigenvalue weighted by Crippen LogP contribution is -2.16. The summed E-state index contributed by atoms with van der Waals surface area (Å²) in [4.78, 5) is 9.31. The Hall–Kier alpha value is -5.07. The van der Waals surface area contributed by atoms with Gasteiger partial charge in [-0.25, -0.2) is 13.2 Å². The molecule has 8 rings (SSSR count). The zero-order valence-electron chi connectivity index (χ0n) is 24.6. The highest BCUT2D eigenvalue weighted by atomic mass is 19.3. The first-order valence-electron chi connectivity index (χ1n) is 14.6. The Bertz CT molecular complexity index is 2060. The number of nitrogens with zero attached hydrogens (tertiary/aromatic N) is 8. The summed E-state index contributed by atoms with van der Waals surface area (Å²) in [5.41, 5.74) is 3.33. The van der Waals surface area contributed by atoms with Crippen molar-refractivity contribution in [2.45, 2.75) is 49.4 Å². The average Bonchev–Trinajstić information content (AvgIpc) is 3.59. The molecule has 6 aromatic rings. The molecule has 4 heterocycles. The quantitative estimate of drug-likeness (QED) is 0.200. The molecule has 13 heteroatoms. The molecule has 0 radical (unpaired) electrons. The number of aromatic nitrogens is 8. The normalized spacial score (nSPS) is 20.2. The smallest absolute Gasteiger partial charge is 0.280 e. The first kappa shape index (κ1) is 27.5. The fourth-order valence-corrected chi connectivity index (χ4v) is 6.56. The van der Waals surface area contributed by atoms with Crippen LogP contribution in [0.3, 0.4) is 0 Å². The van der Waals surface area contributed by atoms with Crippen LogP contribution < -0.4 is 0 Å². The van der Waals surface area contributed by atoms with Gasteiger partial charge in [0.1, 0.15) is 11.5 Å². The molecule has 2 aliphatic rings. The minimum Gasteiger partial charge on any atom is -0.332 e. The summed E-state index contributed by atoms with van der Waals surface area (Å²) >= 11 is 0. The molecule has 0 saturated heterocycles. The van der Waals surface area contributed by atoms with Crippen molar-refractivity contribution < 1.29 is 22.2 Å². The van der Waals surface area contributed by atoms with Crippen LogP contribution in [0.1, 0.15) is 71.2 Å². The van der Waals surface area contributed by atoms with Crippen LogP contribution in [-0.2, 0) is 24.9 Å². The SMILES string of the molecule is Cc1ccc(F)cc1C1(c2noc(-c3ccn(C)n3)n2)CC1c1ccc(C2(c3noc(-c4cc(C(F)F)n(C)n4)n3)CC2)cc1. The summed E-state index contributed by atoms with van der Waals surface area (Å²) in [6, 6.07) is 16.1. The summed E-state index contributed by atoms with van der Waals surface area (Å²) in [6.07, 6.45) is 1.47. The second kappa shape index (κ2) is 9.71. The first-order chi connectivity index (χ1) is 21.7. The maximum absolute atomic E-state index is 14.6. The van der Waals surface area contributed by atoms with Gasteiger partial charge >= 0.3 is 0 Å². The minimum absolute atomic E-state index is 0.0126. The topological polar surface area (TPSA) is 113 Å². The van der Waals surface area contributed by atoms with E-state index in [9.17, 15) is 13.2 Å². The lowest BCUT2D eigenvalue weighted by molar-refractivity contribution is 0.141. The van der Waals surface area contributed by atoms with Gasteiger partial charge in [-0.15, -0.1) is 0 Å². The van der Waals surface area contributed by atoms with Gasteiger partial charge in [-0.2, -0.15) is 20.2 Å². The van der Waals surface area contributed by atoms with Crippen molar-refractivity contribution in [3.8, 4) is 23.2 Å². The van der Waals surface area contributed by atoms with Gasteiger partial charge in [0.25, 0.3) is 18.2 Å². The highest BCUT2D eigenvalue weighted by Crippen LogP contribution is 2.64. The highest BCUT2D eigenvalue weighted by Gasteiger charge is 2.61. The molecule has 2 unspecified atom stereocenters. The van der Waals surface area contributed by atoms with Crippen molar-refractivity contribution >= 4 is 0 Å². The van der Waals surface area contributed by atoms with E-state index in [1.165, 1.54) is 19.2 Å². The highest BCUT2D eigenvalue weighted by molar-refractivity contribution is 5.55. The van der Waals surface area contributed by atoms with Gasteiger partial charge in [0, 0.05) is 26.2 Å². The molecule has 0 aliphatic heterocycles. The van der Waals surface area contributed by atoms with E-state index >= 15 is 0 Å². The van der Waals surface area contributed by atoms with Crippen LogP contribution >= 0.6 is 0 Å². The van der Waals surface area contributed by atoms with Crippen LogP contribution in [0.15, 0.2) is 69.8 Å². The molecule has 0 amide bonds. The van der Waals surface area contributed by atoms with E-state index in [-0.39, 0.29) is 29.0 Å². The van der Waals surface area contributed by atoms with Gasteiger partial charge in [-0.1, -0.05) is 40.6 Å². The van der Waals surface area contributed by atoms with Gasteiger partial charge in [-0.3, -0.25) is 9.36 Å². The maximum atomic E-state index is 14.6.